The lowest BCUT2D eigenvalue weighted by Gasteiger charge is -2.18. The molecule has 5 heteroatoms. The fourth-order valence-electron chi connectivity index (χ4n) is 2.71. The topological polar surface area (TPSA) is 49.4 Å². The first-order valence-corrected chi connectivity index (χ1v) is 9.10. The fraction of sp³-hybridized carbons (Fsp3) is 0.625. The molecule has 2 unspecified atom stereocenters. The van der Waals surface area contributed by atoms with Crippen molar-refractivity contribution in [2.75, 3.05) is 19.6 Å². The molecule has 1 heterocycles. The molecule has 0 bridgehead atoms. The van der Waals surface area contributed by atoms with E-state index in [9.17, 15) is 8.42 Å². The third-order valence-corrected chi connectivity index (χ3v) is 6.38. The van der Waals surface area contributed by atoms with Crippen LogP contribution in [0.1, 0.15) is 31.9 Å². The van der Waals surface area contributed by atoms with Crippen molar-refractivity contribution < 1.29 is 8.42 Å². The van der Waals surface area contributed by atoms with Gasteiger partial charge >= 0.3 is 0 Å². The van der Waals surface area contributed by atoms with E-state index in [1.807, 2.05) is 32.0 Å². The summed E-state index contributed by atoms with van der Waals surface area (Å²) in [6, 6.07) is 5.72. The second-order valence-corrected chi connectivity index (χ2v) is 8.06. The molecule has 1 aromatic rings. The van der Waals surface area contributed by atoms with Gasteiger partial charge in [-0.15, -0.1) is 0 Å². The summed E-state index contributed by atoms with van der Waals surface area (Å²) in [7, 11) is -3.38. The molecular formula is C16H26N2O2S. The van der Waals surface area contributed by atoms with Crippen LogP contribution in [0.3, 0.4) is 0 Å². The maximum Gasteiger partial charge on any atom is 0.243 e. The lowest BCUT2D eigenvalue weighted by Crippen LogP contribution is -2.29. The standard InChI is InChI=1S/C16H26N2O2S/c1-5-17-9-15-7-6-12(2)16(8-15)21(19,20)18-10-13(3)14(4)11-18/h6-8,13-14,17H,5,9-11H2,1-4H3. The second-order valence-electron chi connectivity index (χ2n) is 6.16. The highest BCUT2D eigenvalue weighted by Crippen LogP contribution is 2.29. The summed E-state index contributed by atoms with van der Waals surface area (Å²) >= 11 is 0. The molecule has 2 atom stereocenters. The van der Waals surface area contributed by atoms with E-state index in [1.165, 1.54) is 0 Å². The molecule has 0 spiro atoms. The highest BCUT2D eigenvalue weighted by molar-refractivity contribution is 7.89. The van der Waals surface area contributed by atoms with Crippen LogP contribution in [0.25, 0.3) is 0 Å². The summed E-state index contributed by atoms with van der Waals surface area (Å²) in [4.78, 5) is 0.458. The van der Waals surface area contributed by atoms with Gasteiger partial charge in [-0.1, -0.05) is 32.9 Å². The van der Waals surface area contributed by atoms with Crippen LogP contribution in [-0.2, 0) is 16.6 Å². The van der Waals surface area contributed by atoms with Gasteiger partial charge in [0.25, 0.3) is 0 Å². The van der Waals surface area contributed by atoms with Crippen molar-refractivity contribution in [1.82, 2.24) is 9.62 Å². The van der Waals surface area contributed by atoms with Crippen LogP contribution in [0, 0.1) is 18.8 Å². The number of hydrogen-bond acceptors (Lipinski definition) is 3. The molecule has 0 radical (unpaired) electrons. The molecule has 1 saturated heterocycles. The van der Waals surface area contributed by atoms with Crippen LogP contribution >= 0.6 is 0 Å². The number of hydrogen-bond donors (Lipinski definition) is 1. The van der Waals surface area contributed by atoms with E-state index in [2.05, 4.69) is 19.2 Å². The van der Waals surface area contributed by atoms with Crippen molar-refractivity contribution in [2.24, 2.45) is 11.8 Å². The minimum atomic E-state index is -3.38. The average Bonchev–Trinajstić information content (AvgIpc) is 2.78. The second kappa shape index (κ2) is 6.46. The van der Waals surface area contributed by atoms with Crippen molar-refractivity contribution in [3.63, 3.8) is 0 Å². The van der Waals surface area contributed by atoms with Crippen LogP contribution in [0.4, 0.5) is 0 Å². The molecule has 1 aliphatic heterocycles. The summed E-state index contributed by atoms with van der Waals surface area (Å²) in [5.74, 6) is 0.843. The molecule has 1 aliphatic rings. The minimum Gasteiger partial charge on any atom is -0.313 e. The van der Waals surface area contributed by atoms with E-state index in [0.29, 0.717) is 36.4 Å². The Morgan fingerprint density at radius 1 is 1.24 bits per heavy atom. The van der Waals surface area contributed by atoms with Gasteiger partial charge in [-0.05, 0) is 42.5 Å². The Balaban J connectivity index is 2.31. The van der Waals surface area contributed by atoms with E-state index in [4.69, 9.17) is 0 Å². The van der Waals surface area contributed by atoms with E-state index in [-0.39, 0.29) is 0 Å². The Kier molecular flexibility index (Phi) is 5.07. The summed E-state index contributed by atoms with van der Waals surface area (Å²) < 4.78 is 27.4. The first-order chi connectivity index (χ1) is 9.86. The van der Waals surface area contributed by atoms with Gasteiger partial charge in [0.15, 0.2) is 0 Å². The molecule has 0 aliphatic carbocycles. The molecule has 1 N–H and O–H groups in total. The number of aryl methyl sites for hydroxylation is 1. The zero-order valence-electron chi connectivity index (χ0n) is 13.4. The number of nitrogens with one attached hydrogen (secondary N) is 1. The summed E-state index contributed by atoms with van der Waals surface area (Å²) in [5.41, 5.74) is 1.84. The van der Waals surface area contributed by atoms with Gasteiger partial charge in [0.05, 0.1) is 4.90 Å². The van der Waals surface area contributed by atoms with Crippen LogP contribution in [-0.4, -0.2) is 32.4 Å². The van der Waals surface area contributed by atoms with E-state index in [1.54, 1.807) is 4.31 Å². The minimum absolute atomic E-state index is 0.421. The highest BCUT2D eigenvalue weighted by Gasteiger charge is 2.35. The predicted molar refractivity (Wildman–Crippen MR) is 85.6 cm³/mol. The molecule has 0 saturated carbocycles. The Morgan fingerprint density at radius 2 is 1.86 bits per heavy atom. The van der Waals surface area contributed by atoms with Gasteiger partial charge in [0, 0.05) is 19.6 Å². The lowest BCUT2D eigenvalue weighted by atomic mass is 10.0. The highest BCUT2D eigenvalue weighted by atomic mass is 32.2. The number of rotatable bonds is 5. The van der Waals surface area contributed by atoms with Crippen LogP contribution in [0.5, 0.6) is 0 Å². The van der Waals surface area contributed by atoms with Gasteiger partial charge in [-0.2, -0.15) is 4.31 Å². The number of benzene rings is 1. The first-order valence-electron chi connectivity index (χ1n) is 7.66. The summed E-state index contributed by atoms with van der Waals surface area (Å²) in [5, 5.41) is 3.24. The summed E-state index contributed by atoms with van der Waals surface area (Å²) in [6.45, 7) is 11.0. The van der Waals surface area contributed by atoms with Crippen molar-refractivity contribution in [2.45, 2.75) is 39.1 Å². The molecule has 1 aromatic carbocycles. The smallest absolute Gasteiger partial charge is 0.243 e. The van der Waals surface area contributed by atoms with Gasteiger partial charge in [0.1, 0.15) is 0 Å². The van der Waals surface area contributed by atoms with Gasteiger partial charge in [-0.25, -0.2) is 8.42 Å². The monoisotopic (exact) mass is 310 g/mol. The first kappa shape index (κ1) is 16.5. The summed E-state index contributed by atoms with van der Waals surface area (Å²) in [6.07, 6.45) is 0. The molecule has 2 rings (SSSR count). The fourth-order valence-corrected chi connectivity index (χ4v) is 4.63. The largest absolute Gasteiger partial charge is 0.313 e. The third-order valence-electron chi connectivity index (χ3n) is 4.40. The molecular weight excluding hydrogens is 284 g/mol. The lowest BCUT2D eigenvalue weighted by molar-refractivity contribution is 0.462. The normalized spacial score (nSPS) is 23.6. The van der Waals surface area contributed by atoms with Gasteiger partial charge in [-0.3, -0.25) is 0 Å². The van der Waals surface area contributed by atoms with Gasteiger partial charge < -0.3 is 5.32 Å². The van der Waals surface area contributed by atoms with E-state index >= 15 is 0 Å². The van der Waals surface area contributed by atoms with Crippen LogP contribution in [0.15, 0.2) is 23.1 Å². The molecule has 1 fully saturated rings. The molecule has 0 amide bonds. The Bertz CT molecular complexity index is 588. The Morgan fingerprint density at radius 3 is 2.43 bits per heavy atom. The number of sulfonamides is 1. The Hall–Kier alpha value is -0.910. The number of nitrogens with zero attached hydrogens (tertiary/aromatic N) is 1. The van der Waals surface area contributed by atoms with Gasteiger partial charge in [0.2, 0.25) is 10.0 Å². The van der Waals surface area contributed by atoms with Crippen molar-refractivity contribution in [3.8, 4) is 0 Å². The molecule has 118 valence electrons. The zero-order valence-corrected chi connectivity index (χ0v) is 14.2. The van der Waals surface area contributed by atoms with Crippen LogP contribution < -0.4 is 5.32 Å². The van der Waals surface area contributed by atoms with Crippen molar-refractivity contribution in [3.05, 3.63) is 29.3 Å². The van der Waals surface area contributed by atoms with E-state index in [0.717, 1.165) is 17.7 Å². The molecule has 0 aromatic heterocycles. The maximum atomic E-state index is 12.9. The zero-order chi connectivity index (χ0) is 15.6. The quantitative estimate of drug-likeness (QED) is 0.908. The molecule has 21 heavy (non-hydrogen) atoms. The van der Waals surface area contributed by atoms with Crippen molar-refractivity contribution in [1.29, 1.82) is 0 Å². The van der Waals surface area contributed by atoms with E-state index < -0.39 is 10.0 Å². The molecule has 4 nitrogen and oxygen atoms in total. The predicted octanol–water partition coefficient (Wildman–Crippen LogP) is 2.38. The SMILES string of the molecule is CCNCc1ccc(C)c(S(=O)(=O)N2CC(C)C(C)C2)c1. The van der Waals surface area contributed by atoms with Crippen molar-refractivity contribution >= 4 is 10.0 Å². The Labute approximate surface area is 128 Å². The average molecular weight is 310 g/mol. The third kappa shape index (κ3) is 3.47. The maximum absolute atomic E-state index is 12.9. The van der Waals surface area contributed by atoms with Crippen LogP contribution in [0.2, 0.25) is 0 Å².